The predicted molar refractivity (Wildman–Crippen MR) is 132 cm³/mol. The van der Waals surface area contributed by atoms with Crippen LogP contribution in [0.5, 0.6) is 0 Å². The molecule has 8 nitrogen and oxygen atoms in total. The first-order valence-electron chi connectivity index (χ1n) is 12.8. The molecule has 0 bridgehead atoms. The number of aryl methyl sites for hydroxylation is 2. The molecule has 2 N–H and O–H groups in total. The first kappa shape index (κ1) is 25.3. The highest BCUT2D eigenvalue weighted by Crippen LogP contribution is 2.53. The van der Waals surface area contributed by atoms with Crippen LogP contribution in [0.3, 0.4) is 0 Å². The maximum Gasteiger partial charge on any atom is 0.303 e. The molecule has 8 heteroatoms. The van der Waals surface area contributed by atoms with E-state index < -0.39 is 5.97 Å². The fraction of sp³-hybridized carbons (Fsp3) is 0.667. The number of aliphatic carboxylic acids is 1. The summed E-state index contributed by atoms with van der Waals surface area (Å²) < 4.78 is 5.95. The van der Waals surface area contributed by atoms with E-state index in [9.17, 15) is 14.7 Å². The molecule has 2 heterocycles. The normalized spacial score (nSPS) is 20.8. The number of carbonyl (C=O) groups is 2. The predicted octanol–water partition coefficient (Wildman–Crippen LogP) is 5.87. The summed E-state index contributed by atoms with van der Waals surface area (Å²) in [5, 5.41) is 16.7. The first-order chi connectivity index (χ1) is 16.5. The first-order valence-corrected chi connectivity index (χ1v) is 12.8. The number of nitrogens with one attached hydrogen (secondary N) is 1. The number of carboxylic acid groups (broad SMARTS) is 1. The van der Waals surface area contributed by atoms with Crippen molar-refractivity contribution in [2.75, 3.05) is 5.32 Å². The Labute approximate surface area is 207 Å². The summed E-state index contributed by atoms with van der Waals surface area (Å²) in [6, 6.07) is 0. The molecule has 2 aromatic heterocycles. The van der Waals surface area contributed by atoms with Crippen LogP contribution in [0.1, 0.15) is 118 Å². The van der Waals surface area contributed by atoms with Crippen molar-refractivity contribution in [1.82, 2.24) is 15.1 Å². The van der Waals surface area contributed by atoms with Gasteiger partial charge in [0.2, 0.25) is 5.91 Å². The number of anilines is 1. The molecule has 2 aliphatic carbocycles. The van der Waals surface area contributed by atoms with Gasteiger partial charge in [-0.25, -0.2) is 9.97 Å². The molecule has 2 fully saturated rings. The highest BCUT2D eigenvalue weighted by Gasteiger charge is 2.42. The third-order valence-corrected chi connectivity index (χ3v) is 7.18. The van der Waals surface area contributed by atoms with Gasteiger partial charge >= 0.3 is 5.97 Å². The Morgan fingerprint density at radius 3 is 2.51 bits per heavy atom. The Morgan fingerprint density at radius 1 is 1.20 bits per heavy atom. The van der Waals surface area contributed by atoms with Crippen LogP contribution in [0.4, 0.5) is 5.69 Å². The van der Waals surface area contributed by atoms with Crippen molar-refractivity contribution in [2.24, 2.45) is 11.3 Å². The van der Waals surface area contributed by atoms with Gasteiger partial charge in [-0.15, -0.1) is 0 Å². The van der Waals surface area contributed by atoms with E-state index >= 15 is 0 Å². The molecule has 2 saturated carbocycles. The fourth-order valence-corrected chi connectivity index (χ4v) is 5.44. The monoisotopic (exact) mass is 482 g/mol. The highest BCUT2D eigenvalue weighted by atomic mass is 16.5. The van der Waals surface area contributed by atoms with E-state index in [2.05, 4.69) is 41.2 Å². The average molecular weight is 483 g/mol. The lowest BCUT2D eigenvalue weighted by molar-refractivity contribution is -0.137. The zero-order valence-corrected chi connectivity index (χ0v) is 21.6. The number of rotatable bonds is 10. The Kier molecular flexibility index (Phi) is 7.29. The quantitative estimate of drug-likeness (QED) is 0.435. The van der Waals surface area contributed by atoms with Gasteiger partial charge in [-0.2, -0.15) is 0 Å². The van der Waals surface area contributed by atoms with Gasteiger partial charge in [-0.1, -0.05) is 25.9 Å². The topological polar surface area (TPSA) is 118 Å². The van der Waals surface area contributed by atoms with Crippen molar-refractivity contribution in [3.05, 3.63) is 34.7 Å². The molecule has 1 atom stereocenters. The molecule has 0 aliphatic heterocycles. The summed E-state index contributed by atoms with van der Waals surface area (Å²) in [5.74, 6) is 1.73. The standard InChI is InChI=1S/C27H38N4O4/c1-15-21(14-28-16(2)29-15)30-22(32)12-19(8-9-23(33)34)25-24(18-6-7-18)26(35-31-25)20-10-17(11-20)13-27(3,4)5/h14,17-20H,6-13H2,1-5H3,(H,30,32)(H,33,34)/t17?,19-,20?/m0/s1. The lowest BCUT2D eigenvalue weighted by Crippen LogP contribution is -2.26. The van der Waals surface area contributed by atoms with Crippen molar-refractivity contribution in [2.45, 2.75) is 104 Å². The Balaban J connectivity index is 1.51. The molecular weight excluding hydrogens is 444 g/mol. The maximum atomic E-state index is 13.0. The zero-order valence-electron chi connectivity index (χ0n) is 21.6. The summed E-state index contributed by atoms with van der Waals surface area (Å²) in [7, 11) is 0. The Bertz CT molecular complexity index is 1080. The lowest BCUT2D eigenvalue weighted by atomic mass is 9.66. The minimum atomic E-state index is -0.876. The molecule has 4 rings (SSSR count). The van der Waals surface area contributed by atoms with Crippen LogP contribution in [0.15, 0.2) is 10.7 Å². The van der Waals surface area contributed by atoms with Crippen molar-refractivity contribution in [3.63, 3.8) is 0 Å². The fourth-order valence-electron chi connectivity index (χ4n) is 5.44. The molecule has 190 valence electrons. The van der Waals surface area contributed by atoms with Gasteiger partial charge in [-0.05, 0) is 69.6 Å². The van der Waals surface area contributed by atoms with Crippen LogP contribution < -0.4 is 5.32 Å². The third kappa shape index (κ3) is 6.47. The molecule has 35 heavy (non-hydrogen) atoms. The van der Waals surface area contributed by atoms with Gasteiger partial charge in [0.1, 0.15) is 11.6 Å². The molecule has 0 saturated heterocycles. The number of hydrogen-bond donors (Lipinski definition) is 2. The van der Waals surface area contributed by atoms with Crippen LogP contribution in [-0.4, -0.2) is 32.1 Å². The van der Waals surface area contributed by atoms with E-state index in [4.69, 9.17) is 4.52 Å². The molecule has 2 aromatic rings. The number of aromatic nitrogens is 3. The van der Waals surface area contributed by atoms with Gasteiger partial charge < -0.3 is 14.9 Å². The van der Waals surface area contributed by atoms with Crippen molar-refractivity contribution < 1.29 is 19.2 Å². The molecule has 1 amide bonds. The van der Waals surface area contributed by atoms with E-state index in [-0.39, 0.29) is 24.7 Å². The molecule has 2 aliphatic rings. The number of nitrogens with zero attached hydrogens (tertiary/aromatic N) is 3. The van der Waals surface area contributed by atoms with E-state index in [0.717, 1.165) is 42.7 Å². The second-order valence-electron chi connectivity index (χ2n) is 11.7. The lowest BCUT2D eigenvalue weighted by Gasteiger charge is -2.38. The summed E-state index contributed by atoms with van der Waals surface area (Å²) in [6.07, 6.45) is 7.68. The Morgan fingerprint density at radius 2 is 1.91 bits per heavy atom. The minimum Gasteiger partial charge on any atom is -0.481 e. The minimum absolute atomic E-state index is 0.0198. The van der Waals surface area contributed by atoms with Crippen molar-refractivity contribution >= 4 is 17.6 Å². The summed E-state index contributed by atoms with van der Waals surface area (Å²) in [4.78, 5) is 32.8. The number of carboxylic acids is 1. The third-order valence-electron chi connectivity index (χ3n) is 7.18. The van der Waals surface area contributed by atoms with Crippen LogP contribution in [0, 0.1) is 25.2 Å². The SMILES string of the molecule is Cc1ncc(NC(=O)C[C@H](CCC(=O)O)c2noc(C3CC(CC(C)(C)C)C3)c2C2CC2)c(C)n1. The highest BCUT2D eigenvalue weighted by molar-refractivity contribution is 5.91. The second kappa shape index (κ2) is 10.1. The van der Waals surface area contributed by atoms with E-state index in [0.29, 0.717) is 46.8 Å². The average Bonchev–Trinajstić information content (AvgIpc) is 3.47. The number of amides is 1. The van der Waals surface area contributed by atoms with E-state index in [1.54, 1.807) is 13.1 Å². The van der Waals surface area contributed by atoms with E-state index in [1.807, 2.05) is 6.92 Å². The molecule has 0 radical (unpaired) electrons. The zero-order chi connectivity index (χ0) is 25.3. The summed E-state index contributed by atoms with van der Waals surface area (Å²) >= 11 is 0. The van der Waals surface area contributed by atoms with Gasteiger partial charge in [0.15, 0.2) is 0 Å². The van der Waals surface area contributed by atoms with Gasteiger partial charge in [0, 0.05) is 30.2 Å². The maximum absolute atomic E-state index is 13.0. The largest absolute Gasteiger partial charge is 0.481 e. The van der Waals surface area contributed by atoms with E-state index in [1.165, 1.54) is 6.42 Å². The Hall–Kier alpha value is -2.77. The van der Waals surface area contributed by atoms with Crippen LogP contribution in [0.2, 0.25) is 0 Å². The van der Waals surface area contributed by atoms with Gasteiger partial charge in [0.05, 0.1) is 23.3 Å². The summed E-state index contributed by atoms with van der Waals surface area (Å²) in [5.41, 5.74) is 3.53. The molecule has 0 aromatic carbocycles. The number of carbonyl (C=O) groups excluding carboxylic acids is 1. The smallest absolute Gasteiger partial charge is 0.303 e. The van der Waals surface area contributed by atoms with Crippen LogP contribution >= 0.6 is 0 Å². The van der Waals surface area contributed by atoms with Crippen LogP contribution in [0.25, 0.3) is 0 Å². The van der Waals surface area contributed by atoms with Crippen molar-refractivity contribution in [3.8, 4) is 0 Å². The molecule has 0 spiro atoms. The second-order valence-corrected chi connectivity index (χ2v) is 11.7. The van der Waals surface area contributed by atoms with Crippen LogP contribution in [-0.2, 0) is 9.59 Å². The summed E-state index contributed by atoms with van der Waals surface area (Å²) in [6.45, 7) is 10.5. The molecule has 0 unspecified atom stereocenters. The number of hydrogen-bond acceptors (Lipinski definition) is 6. The van der Waals surface area contributed by atoms with Gasteiger partial charge in [0.25, 0.3) is 0 Å². The molecular formula is C27H38N4O4. The van der Waals surface area contributed by atoms with Crippen molar-refractivity contribution in [1.29, 1.82) is 0 Å². The van der Waals surface area contributed by atoms with Gasteiger partial charge in [-0.3, -0.25) is 9.59 Å².